The Labute approximate surface area is 102 Å². The number of carboxylic acids is 1. The third kappa shape index (κ3) is 5.17. The molecular formula is C12H22N2O3. The highest BCUT2D eigenvalue weighted by atomic mass is 16.4. The van der Waals surface area contributed by atoms with Gasteiger partial charge in [0, 0.05) is 12.5 Å². The van der Waals surface area contributed by atoms with E-state index in [0.717, 1.165) is 25.7 Å². The van der Waals surface area contributed by atoms with Crippen LogP contribution in [0.3, 0.4) is 0 Å². The molecule has 0 spiro atoms. The van der Waals surface area contributed by atoms with Crippen molar-refractivity contribution in [2.45, 2.75) is 51.0 Å². The maximum absolute atomic E-state index is 11.5. The third-order valence-electron chi connectivity index (χ3n) is 3.25. The highest BCUT2D eigenvalue weighted by Gasteiger charge is 2.30. The van der Waals surface area contributed by atoms with E-state index in [4.69, 9.17) is 10.8 Å². The number of amides is 1. The van der Waals surface area contributed by atoms with E-state index >= 15 is 0 Å². The molecule has 1 saturated carbocycles. The monoisotopic (exact) mass is 242 g/mol. The lowest BCUT2D eigenvalue weighted by atomic mass is 10.1. The highest BCUT2D eigenvalue weighted by molar-refractivity contribution is 5.76. The van der Waals surface area contributed by atoms with E-state index < -0.39 is 5.97 Å². The normalized spacial score (nSPS) is 23.6. The average Bonchev–Trinajstić information content (AvgIpc) is 2.73. The Morgan fingerprint density at radius 1 is 1.24 bits per heavy atom. The summed E-state index contributed by atoms with van der Waals surface area (Å²) in [5.74, 6) is -0.986. The molecule has 98 valence electrons. The van der Waals surface area contributed by atoms with Gasteiger partial charge < -0.3 is 16.2 Å². The predicted molar refractivity (Wildman–Crippen MR) is 64.4 cm³/mol. The Morgan fingerprint density at radius 3 is 2.59 bits per heavy atom. The van der Waals surface area contributed by atoms with Gasteiger partial charge in [0.15, 0.2) is 0 Å². The zero-order valence-electron chi connectivity index (χ0n) is 10.2. The Morgan fingerprint density at radius 2 is 2.00 bits per heavy atom. The molecule has 1 aliphatic rings. The number of rotatable bonds is 7. The van der Waals surface area contributed by atoms with Gasteiger partial charge >= 0.3 is 5.97 Å². The van der Waals surface area contributed by atoms with Crippen LogP contribution in [0, 0.1) is 5.92 Å². The molecule has 2 unspecified atom stereocenters. The predicted octanol–water partition coefficient (Wildman–Crippen LogP) is 0.875. The molecule has 0 aromatic carbocycles. The van der Waals surface area contributed by atoms with Gasteiger partial charge in [-0.1, -0.05) is 6.42 Å². The molecule has 4 N–H and O–H groups in total. The fourth-order valence-electron chi connectivity index (χ4n) is 2.24. The molecule has 0 aromatic heterocycles. The standard InChI is InChI=1S/C12H22N2O3/c13-7-3-1-2-4-11(15)14-10-6-5-9(8-10)12(16)17/h9-10H,1-8,13H2,(H,14,15)(H,16,17). The van der Waals surface area contributed by atoms with Gasteiger partial charge in [-0.2, -0.15) is 0 Å². The number of hydrogen-bond acceptors (Lipinski definition) is 3. The smallest absolute Gasteiger partial charge is 0.306 e. The van der Waals surface area contributed by atoms with Crippen LogP contribution in [-0.2, 0) is 9.59 Å². The topological polar surface area (TPSA) is 92.4 Å². The van der Waals surface area contributed by atoms with Crippen LogP contribution in [0.4, 0.5) is 0 Å². The summed E-state index contributed by atoms with van der Waals surface area (Å²) in [6.07, 6.45) is 5.35. The number of carbonyl (C=O) groups is 2. The number of nitrogens with two attached hydrogens (primary N) is 1. The Kier molecular flexibility index (Phi) is 5.97. The molecule has 5 nitrogen and oxygen atoms in total. The number of hydrogen-bond donors (Lipinski definition) is 3. The first-order chi connectivity index (χ1) is 8.13. The summed E-state index contributed by atoms with van der Waals surface area (Å²) >= 11 is 0. The molecule has 5 heteroatoms. The number of nitrogens with one attached hydrogen (secondary N) is 1. The van der Waals surface area contributed by atoms with Crippen molar-refractivity contribution in [2.75, 3.05) is 6.54 Å². The van der Waals surface area contributed by atoms with Crippen LogP contribution in [0.15, 0.2) is 0 Å². The molecule has 0 saturated heterocycles. The molecule has 0 radical (unpaired) electrons. The molecule has 0 bridgehead atoms. The largest absolute Gasteiger partial charge is 0.481 e. The number of carboxylic acid groups (broad SMARTS) is 1. The summed E-state index contributed by atoms with van der Waals surface area (Å²) in [4.78, 5) is 22.3. The van der Waals surface area contributed by atoms with Gasteiger partial charge in [-0.3, -0.25) is 9.59 Å². The van der Waals surface area contributed by atoms with Crippen LogP contribution in [0.1, 0.15) is 44.9 Å². The van der Waals surface area contributed by atoms with Gasteiger partial charge in [0.05, 0.1) is 5.92 Å². The van der Waals surface area contributed by atoms with Gasteiger partial charge in [0.2, 0.25) is 5.91 Å². The van der Waals surface area contributed by atoms with Crippen LogP contribution < -0.4 is 11.1 Å². The Balaban J connectivity index is 2.13. The zero-order valence-corrected chi connectivity index (χ0v) is 10.2. The zero-order chi connectivity index (χ0) is 12.7. The van der Waals surface area contributed by atoms with Crippen LogP contribution in [0.5, 0.6) is 0 Å². The van der Waals surface area contributed by atoms with E-state index in [0.29, 0.717) is 25.8 Å². The second-order valence-corrected chi connectivity index (χ2v) is 4.71. The van der Waals surface area contributed by atoms with Crippen molar-refractivity contribution in [1.29, 1.82) is 0 Å². The van der Waals surface area contributed by atoms with Gasteiger partial charge in [-0.25, -0.2) is 0 Å². The van der Waals surface area contributed by atoms with Gasteiger partial charge in [0.1, 0.15) is 0 Å². The molecule has 1 rings (SSSR count). The molecule has 2 atom stereocenters. The van der Waals surface area contributed by atoms with E-state index in [1.54, 1.807) is 0 Å². The maximum atomic E-state index is 11.5. The first-order valence-corrected chi connectivity index (χ1v) is 6.35. The van der Waals surface area contributed by atoms with E-state index in [2.05, 4.69) is 5.32 Å². The highest BCUT2D eigenvalue weighted by Crippen LogP contribution is 2.25. The van der Waals surface area contributed by atoms with Crippen molar-refractivity contribution in [2.24, 2.45) is 11.7 Å². The summed E-state index contributed by atoms with van der Waals surface area (Å²) in [7, 11) is 0. The molecule has 17 heavy (non-hydrogen) atoms. The van der Waals surface area contributed by atoms with Crippen molar-refractivity contribution < 1.29 is 14.7 Å². The maximum Gasteiger partial charge on any atom is 0.306 e. The lowest BCUT2D eigenvalue weighted by Gasteiger charge is -2.12. The number of unbranched alkanes of at least 4 members (excludes halogenated alkanes) is 2. The fourth-order valence-corrected chi connectivity index (χ4v) is 2.24. The molecule has 1 aliphatic carbocycles. The van der Waals surface area contributed by atoms with Crippen molar-refractivity contribution in [3.63, 3.8) is 0 Å². The lowest BCUT2D eigenvalue weighted by molar-refractivity contribution is -0.141. The SMILES string of the molecule is NCCCCCC(=O)NC1CCC(C(=O)O)C1. The Bertz CT molecular complexity index is 268. The average molecular weight is 242 g/mol. The van der Waals surface area contributed by atoms with Crippen molar-refractivity contribution >= 4 is 11.9 Å². The van der Waals surface area contributed by atoms with Gasteiger partial charge in [0.25, 0.3) is 0 Å². The minimum absolute atomic E-state index is 0.0399. The molecule has 0 aromatic rings. The van der Waals surface area contributed by atoms with Gasteiger partial charge in [-0.15, -0.1) is 0 Å². The summed E-state index contributed by atoms with van der Waals surface area (Å²) in [6.45, 7) is 0.671. The molecule has 0 heterocycles. The van der Waals surface area contributed by atoms with E-state index in [9.17, 15) is 9.59 Å². The van der Waals surface area contributed by atoms with Crippen LogP contribution in [0.2, 0.25) is 0 Å². The Hall–Kier alpha value is -1.10. The second kappa shape index (κ2) is 7.27. The second-order valence-electron chi connectivity index (χ2n) is 4.71. The van der Waals surface area contributed by atoms with Gasteiger partial charge in [-0.05, 0) is 38.6 Å². The molecule has 1 amide bonds. The van der Waals surface area contributed by atoms with E-state index in [-0.39, 0.29) is 17.9 Å². The lowest BCUT2D eigenvalue weighted by Crippen LogP contribution is -2.33. The number of carbonyl (C=O) groups excluding carboxylic acids is 1. The molecule has 1 fully saturated rings. The summed E-state index contributed by atoms with van der Waals surface area (Å²) in [5, 5.41) is 11.7. The van der Waals surface area contributed by atoms with Crippen molar-refractivity contribution in [3.8, 4) is 0 Å². The number of aliphatic carboxylic acids is 1. The van der Waals surface area contributed by atoms with Crippen LogP contribution >= 0.6 is 0 Å². The fraction of sp³-hybridized carbons (Fsp3) is 0.833. The third-order valence-corrected chi connectivity index (χ3v) is 3.25. The van der Waals surface area contributed by atoms with E-state index in [1.165, 1.54) is 0 Å². The van der Waals surface area contributed by atoms with Crippen LogP contribution in [0.25, 0.3) is 0 Å². The summed E-state index contributed by atoms with van der Waals surface area (Å²) < 4.78 is 0. The minimum Gasteiger partial charge on any atom is -0.481 e. The van der Waals surface area contributed by atoms with Crippen molar-refractivity contribution in [1.82, 2.24) is 5.32 Å². The van der Waals surface area contributed by atoms with Crippen LogP contribution in [-0.4, -0.2) is 29.6 Å². The van der Waals surface area contributed by atoms with Crippen molar-refractivity contribution in [3.05, 3.63) is 0 Å². The first-order valence-electron chi connectivity index (χ1n) is 6.35. The first kappa shape index (κ1) is 14.0. The summed E-state index contributed by atoms with van der Waals surface area (Å²) in [6, 6.07) is 0.0538. The quantitative estimate of drug-likeness (QED) is 0.578. The summed E-state index contributed by atoms with van der Waals surface area (Å²) in [5.41, 5.74) is 5.36. The minimum atomic E-state index is -0.746. The molecule has 0 aliphatic heterocycles. The van der Waals surface area contributed by atoms with E-state index in [1.807, 2.05) is 0 Å². The molecular weight excluding hydrogens is 220 g/mol.